The summed E-state index contributed by atoms with van der Waals surface area (Å²) in [7, 11) is 0. The molecule has 0 aliphatic carbocycles. The highest BCUT2D eigenvalue weighted by Gasteiger charge is 2.39. The molecule has 2 saturated heterocycles. The molecule has 2 aromatic carbocycles. The second-order valence-electron chi connectivity index (χ2n) is 8.42. The predicted molar refractivity (Wildman–Crippen MR) is 126 cm³/mol. The van der Waals surface area contributed by atoms with Gasteiger partial charge in [-0.05, 0) is 43.7 Å². The molecule has 174 valence electrons. The lowest BCUT2D eigenvalue weighted by Crippen LogP contribution is -2.53. The number of nitrogens with one attached hydrogen (secondary N) is 1. The normalized spacial score (nSPS) is 18.4. The van der Waals surface area contributed by atoms with Gasteiger partial charge in [-0.3, -0.25) is 9.59 Å². The Balaban J connectivity index is 1.33. The first-order valence-corrected chi connectivity index (χ1v) is 11.4. The number of aryl methyl sites for hydroxylation is 1. The van der Waals surface area contributed by atoms with E-state index >= 15 is 0 Å². The molecule has 0 aromatic heterocycles. The topological polar surface area (TPSA) is 82.2 Å². The number of hydrogen-bond acceptors (Lipinski definition) is 4. The fraction of sp³-hybridized carbons (Fsp3) is 0.400. The van der Waals surface area contributed by atoms with Crippen LogP contribution in [0.15, 0.2) is 48.5 Å². The molecule has 4 rings (SSSR count). The van der Waals surface area contributed by atoms with Crippen molar-refractivity contribution in [3.8, 4) is 5.75 Å². The predicted octanol–water partition coefficient (Wildman–Crippen LogP) is 3.12. The van der Waals surface area contributed by atoms with Crippen molar-refractivity contribution in [1.29, 1.82) is 0 Å². The van der Waals surface area contributed by atoms with Crippen molar-refractivity contribution in [3.05, 3.63) is 54.1 Å². The van der Waals surface area contributed by atoms with Gasteiger partial charge in [-0.2, -0.15) is 0 Å². The molecule has 2 fully saturated rings. The van der Waals surface area contributed by atoms with Crippen molar-refractivity contribution in [3.63, 3.8) is 0 Å². The van der Waals surface area contributed by atoms with Crippen LogP contribution in [-0.4, -0.2) is 67.0 Å². The van der Waals surface area contributed by atoms with Crippen molar-refractivity contribution in [2.45, 2.75) is 20.3 Å². The molecule has 4 amide bonds. The number of ether oxygens (including phenoxy) is 1. The summed E-state index contributed by atoms with van der Waals surface area (Å²) in [5.74, 6) is 0.157. The summed E-state index contributed by atoms with van der Waals surface area (Å²) >= 11 is 0. The van der Waals surface area contributed by atoms with Crippen LogP contribution in [0.3, 0.4) is 0 Å². The lowest BCUT2D eigenvalue weighted by molar-refractivity contribution is -0.137. The monoisotopic (exact) mass is 450 g/mol. The SMILES string of the molecule is CCOc1ccccc1N1CC(C(=O)N2CCN(C(=O)Nc3cccc(C)c3)CC2)CC1=O. The minimum atomic E-state index is -0.389. The first-order chi connectivity index (χ1) is 16.0. The van der Waals surface area contributed by atoms with E-state index in [1.54, 1.807) is 14.7 Å². The number of anilines is 2. The zero-order valence-electron chi connectivity index (χ0n) is 19.1. The number of benzene rings is 2. The summed E-state index contributed by atoms with van der Waals surface area (Å²) in [4.78, 5) is 43.6. The lowest BCUT2D eigenvalue weighted by Gasteiger charge is -2.35. The Bertz CT molecular complexity index is 1030. The maximum absolute atomic E-state index is 13.1. The summed E-state index contributed by atoms with van der Waals surface area (Å²) in [6, 6.07) is 14.9. The van der Waals surface area contributed by atoms with Gasteiger partial charge in [0.1, 0.15) is 5.75 Å². The van der Waals surface area contributed by atoms with Crippen molar-refractivity contribution in [2.24, 2.45) is 5.92 Å². The van der Waals surface area contributed by atoms with Crippen molar-refractivity contribution in [2.75, 3.05) is 49.5 Å². The Labute approximate surface area is 194 Å². The molecule has 0 radical (unpaired) electrons. The maximum atomic E-state index is 13.1. The third-order valence-corrected chi connectivity index (χ3v) is 6.08. The third kappa shape index (κ3) is 5.10. The van der Waals surface area contributed by atoms with Gasteiger partial charge >= 0.3 is 6.03 Å². The fourth-order valence-corrected chi connectivity index (χ4v) is 4.38. The highest BCUT2D eigenvalue weighted by Crippen LogP contribution is 2.33. The molecule has 2 aromatic rings. The first kappa shape index (κ1) is 22.6. The minimum absolute atomic E-state index is 0.0292. The number of carbonyl (C=O) groups excluding carboxylic acids is 3. The van der Waals surface area contributed by atoms with Crippen LogP contribution in [0, 0.1) is 12.8 Å². The van der Waals surface area contributed by atoms with E-state index in [0.717, 1.165) is 11.3 Å². The van der Waals surface area contributed by atoms with Crippen LogP contribution in [-0.2, 0) is 9.59 Å². The summed E-state index contributed by atoms with van der Waals surface area (Å²) < 4.78 is 5.66. The number of para-hydroxylation sites is 2. The number of amides is 4. The van der Waals surface area contributed by atoms with Gasteiger partial charge < -0.3 is 24.8 Å². The molecular formula is C25H30N4O4. The van der Waals surface area contributed by atoms with Crippen LogP contribution in [0.1, 0.15) is 18.9 Å². The molecular weight excluding hydrogens is 420 g/mol. The Morgan fingerprint density at radius 2 is 1.76 bits per heavy atom. The van der Waals surface area contributed by atoms with E-state index in [1.807, 2.05) is 62.4 Å². The van der Waals surface area contributed by atoms with Crippen LogP contribution in [0.2, 0.25) is 0 Å². The molecule has 1 atom stereocenters. The maximum Gasteiger partial charge on any atom is 0.321 e. The summed E-state index contributed by atoms with van der Waals surface area (Å²) in [5, 5.41) is 2.92. The van der Waals surface area contributed by atoms with Crippen molar-refractivity contribution in [1.82, 2.24) is 9.80 Å². The second kappa shape index (κ2) is 9.94. The van der Waals surface area contributed by atoms with Gasteiger partial charge in [0.15, 0.2) is 0 Å². The average Bonchev–Trinajstić information content (AvgIpc) is 3.20. The van der Waals surface area contributed by atoms with Gasteiger partial charge in [-0.1, -0.05) is 24.3 Å². The Morgan fingerprint density at radius 3 is 2.48 bits per heavy atom. The highest BCUT2D eigenvalue weighted by molar-refractivity contribution is 6.01. The van der Waals surface area contributed by atoms with Crippen molar-refractivity contribution >= 4 is 29.2 Å². The average molecular weight is 451 g/mol. The van der Waals surface area contributed by atoms with Gasteiger partial charge in [0.25, 0.3) is 0 Å². The van der Waals surface area contributed by atoms with Crippen LogP contribution in [0.25, 0.3) is 0 Å². The van der Waals surface area contributed by atoms with Crippen molar-refractivity contribution < 1.29 is 19.1 Å². The number of urea groups is 1. The van der Waals surface area contributed by atoms with E-state index in [4.69, 9.17) is 4.74 Å². The van der Waals surface area contributed by atoms with Gasteiger partial charge in [-0.25, -0.2) is 4.79 Å². The van der Waals surface area contributed by atoms with E-state index in [1.165, 1.54) is 0 Å². The van der Waals surface area contributed by atoms with Crippen LogP contribution in [0.4, 0.5) is 16.2 Å². The summed E-state index contributed by atoms with van der Waals surface area (Å²) in [5.41, 5.74) is 2.54. The zero-order chi connectivity index (χ0) is 23.4. The number of carbonyl (C=O) groups is 3. The van der Waals surface area contributed by atoms with Gasteiger partial charge in [-0.15, -0.1) is 0 Å². The molecule has 2 heterocycles. The first-order valence-electron chi connectivity index (χ1n) is 11.4. The quantitative estimate of drug-likeness (QED) is 0.759. The van der Waals surface area contributed by atoms with E-state index in [2.05, 4.69) is 5.32 Å². The van der Waals surface area contributed by atoms with E-state index in [9.17, 15) is 14.4 Å². The van der Waals surface area contributed by atoms with Crippen LogP contribution >= 0.6 is 0 Å². The van der Waals surface area contributed by atoms with Crippen LogP contribution < -0.4 is 15.0 Å². The highest BCUT2D eigenvalue weighted by atomic mass is 16.5. The fourth-order valence-electron chi connectivity index (χ4n) is 4.38. The lowest BCUT2D eigenvalue weighted by atomic mass is 10.1. The molecule has 8 nitrogen and oxygen atoms in total. The molecule has 33 heavy (non-hydrogen) atoms. The van der Waals surface area contributed by atoms with E-state index in [-0.39, 0.29) is 30.2 Å². The summed E-state index contributed by atoms with van der Waals surface area (Å²) in [6.07, 6.45) is 0.188. The van der Waals surface area contributed by atoms with E-state index < -0.39 is 0 Å². The molecule has 1 N–H and O–H groups in total. The minimum Gasteiger partial charge on any atom is -0.492 e. The van der Waals surface area contributed by atoms with Gasteiger partial charge in [0, 0.05) is 44.8 Å². The largest absolute Gasteiger partial charge is 0.492 e. The molecule has 0 saturated carbocycles. The Kier molecular flexibility index (Phi) is 6.82. The smallest absolute Gasteiger partial charge is 0.321 e. The molecule has 2 aliphatic rings. The number of hydrogen-bond donors (Lipinski definition) is 1. The zero-order valence-corrected chi connectivity index (χ0v) is 19.1. The standard InChI is InChI=1S/C25H30N4O4/c1-3-33-22-10-5-4-9-21(22)29-17-19(16-23(29)30)24(31)27-11-13-28(14-12-27)25(32)26-20-8-6-7-18(2)15-20/h4-10,15,19H,3,11-14,16-17H2,1-2H3,(H,26,32). The molecule has 0 spiro atoms. The second-order valence-corrected chi connectivity index (χ2v) is 8.42. The van der Waals surface area contributed by atoms with Gasteiger partial charge in [0.05, 0.1) is 18.2 Å². The number of nitrogens with zero attached hydrogens (tertiary/aromatic N) is 3. The molecule has 2 aliphatic heterocycles. The number of rotatable bonds is 5. The van der Waals surface area contributed by atoms with Crippen LogP contribution in [0.5, 0.6) is 5.75 Å². The van der Waals surface area contributed by atoms with Gasteiger partial charge in [0.2, 0.25) is 11.8 Å². The molecule has 0 bridgehead atoms. The summed E-state index contributed by atoms with van der Waals surface area (Å²) in [6.45, 7) is 6.56. The Morgan fingerprint density at radius 1 is 1.03 bits per heavy atom. The molecule has 8 heteroatoms. The number of piperazine rings is 1. The Hall–Kier alpha value is -3.55. The van der Waals surface area contributed by atoms with E-state index in [0.29, 0.717) is 50.8 Å². The molecule has 1 unspecified atom stereocenters. The third-order valence-electron chi connectivity index (χ3n) is 6.08.